The Balaban J connectivity index is 2.57. The molecule has 1 aromatic heterocycles. The summed E-state index contributed by atoms with van der Waals surface area (Å²) in [5.74, 6) is 0.716. The smallest absolute Gasteiger partial charge is 0.241 e. The number of hydrogen-bond acceptors (Lipinski definition) is 4. The molecule has 13 heavy (non-hydrogen) atoms. The van der Waals surface area contributed by atoms with Crippen LogP contribution < -0.4 is 0 Å². The molecule has 0 amide bonds. The van der Waals surface area contributed by atoms with Crippen LogP contribution in [0.4, 0.5) is 0 Å². The normalized spacial score (nSPS) is 19.8. The van der Waals surface area contributed by atoms with Gasteiger partial charge in [-0.05, 0) is 12.8 Å². The fraction of sp³-hybridized carbons (Fsp3) is 0.625. The van der Waals surface area contributed by atoms with Crippen LogP contribution in [0.25, 0.3) is 0 Å². The molecule has 0 atom stereocenters. The van der Waals surface area contributed by atoms with Crippen molar-refractivity contribution in [1.29, 1.82) is 0 Å². The lowest BCUT2D eigenvalue weighted by atomic mass is 10.3. The SMILES string of the molecule is CCc1nc2c(o1)S(=O)(=O)CCC2. The molecule has 5 heteroatoms. The van der Waals surface area contributed by atoms with Crippen LogP contribution in [0.3, 0.4) is 0 Å². The van der Waals surface area contributed by atoms with Gasteiger partial charge in [-0.15, -0.1) is 0 Å². The van der Waals surface area contributed by atoms with Crippen LogP contribution in [-0.4, -0.2) is 19.2 Å². The van der Waals surface area contributed by atoms with Gasteiger partial charge in [0, 0.05) is 6.42 Å². The van der Waals surface area contributed by atoms with Crippen LogP contribution in [0.1, 0.15) is 24.9 Å². The van der Waals surface area contributed by atoms with Crippen molar-refractivity contribution in [3.05, 3.63) is 11.6 Å². The zero-order chi connectivity index (χ0) is 9.47. The molecular weight excluding hydrogens is 190 g/mol. The summed E-state index contributed by atoms with van der Waals surface area (Å²) >= 11 is 0. The van der Waals surface area contributed by atoms with Crippen molar-refractivity contribution < 1.29 is 12.8 Å². The van der Waals surface area contributed by atoms with Crippen molar-refractivity contribution >= 4 is 9.84 Å². The van der Waals surface area contributed by atoms with E-state index in [0.717, 1.165) is 6.42 Å². The van der Waals surface area contributed by atoms with E-state index in [1.807, 2.05) is 6.92 Å². The van der Waals surface area contributed by atoms with Gasteiger partial charge in [-0.25, -0.2) is 13.4 Å². The zero-order valence-corrected chi connectivity index (χ0v) is 8.23. The Kier molecular flexibility index (Phi) is 1.91. The number of aromatic nitrogens is 1. The lowest BCUT2D eigenvalue weighted by Gasteiger charge is -2.07. The van der Waals surface area contributed by atoms with E-state index in [2.05, 4.69) is 4.98 Å². The summed E-state index contributed by atoms with van der Waals surface area (Å²) in [5.41, 5.74) is 0.614. The first-order valence-corrected chi connectivity index (χ1v) is 6.00. The van der Waals surface area contributed by atoms with Crippen LogP contribution in [0, 0.1) is 0 Å². The number of sulfone groups is 1. The molecule has 2 rings (SSSR count). The summed E-state index contributed by atoms with van der Waals surface area (Å²) < 4.78 is 28.1. The monoisotopic (exact) mass is 201 g/mol. The second-order valence-electron chi connectivity index (χ2n) is 3.12. The van der Waals surface area contributed by atoms with E-state index in [1.165, 1.54) is 0 Å². The third-order valence-electron chi connectivity index (χ3n) is 2.12. The Morgan fingerprint density at radius 2 is 2.31 bits per heavy atom. The second-order valence-corrected chi connectivity index (χ2v) is 5.13. The zero-order valence-electron chi connectivity index (χ0n) is 7.41. The maximum Gasteiger partial charge on any atom is 0.241 e. The minimum atomic E-state index is -3.16. The summed E-state index contributed by atoms with van der Waals surface area (Å²) in [6.07, 6.45) is 2.02. The topological polar surface area (TPSA) is 60.2 Å². The highest BCUT2D eigenvalue weighted by molar-refractivity contribution is 7.91. The Hall–Kier alpha value is -0.840. The molecule has 0 bridgehead atoms. The Morgan fingerprint density at radius 3 is 2.92 bits per heavy atom. The molecule has 0 fully saturated rings. The maximum atomic E-state index is 11.5. The minimum absolute atomic E-state index is 0.107. The lowest BCUT2D eigenvalue weighted by Crippen LogP contribution is -2.14. The Morgan fingerprint density at radius 1 is 1.54 bits per heavy atom. The van der Waals surface area contributed by atoms with Gasteiger partial charge in [0.2, 0.25) is 14.9 Å². The van der Waals surface area contributed by atoms with E-state index in [4.69, 9.17) is 4.42 Å². The molecule has 1 aliphatic rings. The molecule has 0 aliphatic carbocycles. The van der Waals surface area contributed by atoms with Crippen LogP contribution in [0.5, 0.6) is 0 Å². The van der Waals surface area contributed by atoms with E-state index >= 15 is 0 Å². The quantitative estimate of drug-likeness (QED) is 0.679. The maximum absolute atomic E-state index is 11.5. The number of nitrogens with zero attached hydrogens (tertiary/aromatic N) is 1. The summed E-state index contributed by atoms with van der Waals surface area (Å²) in [4.78, 5) is 4.12. The Bertz CT molecular complexity index is 419. The number of rotatable bonds is 1. The van der Waals surface area contributed by atoms with Crippen molar-refractivity contribution in [3.63, 3.8) is 0 Å². The first kappa shape index (κ1) is 8.74. The van der Waals surface area contributed by atoms with Gasteiger partial charge in [0.25, 0.3) is 0 Å². The molecule has 4 nitrogen and oxygen atoms in total. The molecule has 0 spiro atoms. The molecule has 0 aromatic carbocycles. The first-order chi connectivity index (χ1) is 6.13. The van der Waals surface area contributed by atoms with Crippen molar-refractivity contribution in [1.82, 2.24) is 4.98 Å². The van der Waals surface area contributed by atoms with Crippen molar-refractivity contribution in [2.24, 2.45) is 0 Å². The fourth-order valence-electron chi connectivity index (χ4n) is 1.46. The predicted octanol–water partition coefficient (Wildman–Crippen LogP) is 0.957. The largest absolute Gasteiger partial charge is 0.429 e. The summed E-state index contributed by atoms with van der Waals surface area (Å²) in [6, 6.07) is 0. The second kappa shape index (κ2) is 2.83. The molecule has 72 valence electrons. The van der Waals surface area contributed by atoms with Crippen LogP contribution in [0.15, 0.2) is 9.51 Å². The van der Waals surface area contributed by atoms with Gasteiger partial charge in [-0.2, -0.15) is 0 Å². The van der Waals surface area contributed by atoms with Crippen LogP contribution >= 0.6 is 0 Å². The molecule has 0 saturated carbocycles. The molecule has 0 radical (unpaired) electrons. The number of fused-ring (bicyclic) bond motifs is 1. The molecule has 1 aromatic rings. The van der Waals surface area contributed by atoms with Gasteiger partial charge < -0.3 is 4.42 Å². The number of oxazole rings is 1. The van der Waals surface area contributed by atoms with Gasteiger partial charge in [0.05, 0.1) is 11.4 Å². The molecular formula is C8H11NO3S. The minimum Gasteiger partial charge on any atom is -0.429 e. The van der Waals surface area contributed by atoms with Gasteiger partial charge in [0.1, 0.15) is 0 Å². The van der Waals surface area contributed by atoms with Gasteiger partial charge >= 0.3 is 0 Å². The highest BCUT2D eigenvalue weighted by Crippen LogP contribution is 2.25. The summed E-state index contributed by atoms with van der Waals surface area (Å²) in [7, 11) is -3.16. The molecule has 1 aliphatic heterocycles. The summed E-state index contributed by atoms with van der Waals surface area (Å²) in [6.45, 7) is 1.89. The number of hydrogen-bond donors (Lipinski definition) is 0. The van der Waals surface area contributed by atoms with Crippen molar-refractivity contribution in [2.45, 2.75) is 31.3 Å². The third-order valence-corrected chi connectivity index (χ3v) is 3.83. The summed E-state index contributed by atoms with van der Waals surface area (Å²) in [5, 5.41) is 0.107. The van der Waals surface area contributed by atoms with Gasteiger partial charge in [-0.1, -0.05) is 6.92 Å². The van der Waals surface area contributed by atoms with Crippen molar-refractivity contribution in [2.75, 3.05) is 5.75 Å². The van der Waals surface area contributed by atoms with Gasteiger partial charge in [-0.3, -0.25) is 0 Å². The van der Waals surface area contributed by atoms with Crippen molar-refractivity contribution in [3.8, 4) is 0 Å². The fourth-order valence-corrected chi connectivity index (χ4v) is 2.90. The van der Waals surface area contributed by atoms with E-state index in [9.17, 15) is 8.42 Å². The predicted molar refractivity (Wildman–Crippen MR) is 46.3 cm³/mol. The highest BCUT2D eigenvalue weighted by Gasteiger charge is 2.29. The van der Waals surface area contributed by atoms with E-state index in [-0.39, 0.29) is 10.8 Å². The standard InChI is InChI=1S/C8H11NO3S/c1-2-7-9-6-4-3-5-13(10,11)8(6)12-7/h2-5H2,1H3. The third kappa shape index (κ3) is 1.37. The molecule has 0 unspecified atom stereocenters. The Labute approximate surface area is 76.9 Å². The highest BCUT2D eigenvalue weighted by atomic mass is 32.2. The average molecular weight is 201 g/mol. The molecule has 2 heterocycles. The van der Waals surface area contributed by atoms with E-state index in [1.54, 1.807) is 0 Å². The lowest BCUT2D eigenvalue weighted by molar-refractivity contribution is 0.404. The van der Waals surface area contributed by atoms with Gasteiger partial charge in [0.15, 0.2) is 5.89 Å². The van der Waals surface area contributed by atoms with Crippen LogP contribution in [0.2, 0.25) is 0 Å². The first-order valence-electron chi connectivity index (χ1n) is 4.35. The number of aryl methyl sites for hydroxylation is 2. The van der Waals surface area contributed by atoms with E-state index < -0.39 is 9.84 Å². The van der Waals surface area contributed by atoms with E-state index in [0.29, 0.717) is 24.4 Å². The average Bonchev–Trinajstić information content (AvgIpc) is 2.48. The van der Waals surface area contributed by atoms with Crippen LogP contribution in [-0.2, 0) is 22.7 Å². The molecule has 0 N–H and O–H groups in total. The molecule has 0 saturated heterocycles.